The molecule has 5 heteroatoms. The Morgan fingerprint density at radius 1 is 1.14 bits per heavy atom. The highest BCUT2D eigenvalue weighted by molar-refractivity contribution is 6.23. The van der Waals surface area contributed by atoms with E-state index in [1.54, 1.807) is 18.2 Å². The highest BCUT2D eigenvalue weighted by Crippen LogP contribution is 2.53. The predicted octanol–water partition coefficient (Wildman–Crippen LogP) is 1.78. The number of imide groups is 1. The summed E-state index contributed by atoms with van der Waals surface area (Å²) < 4.78 is 4.69. The largest absolute Gasteiger partial charge is 0.465 e. The molecule has 0 aromatic heterocycles. The second kappa shape index (κ2) is 4.53. The second-order valence-electron chi connectivity index (χ2n) is 6.05. The van der Waals surface area contributed by atoms with E-state index in [-0.39, 0.29) is 35.5 Å². The van der Waals surface area contributed by atoms with Crippen LogP contribution in [0.1, 0.15) is 16.8 Å². The molecule has 0 N–H and O–H groups in total. The van der Waals surface area contributed by atoms with Gasteiger partial charge in [0.25, 0.3) is 0 Å². The van der Waals surface area contributed by atoms with E-state index in [1.165, 1.54) is 18.1 Å². The van der Waals surface area contributed by atoms with E-state index in [0.29, 0.717) is 11.3 Å². The van der Waals surface area contributed by atoms with Crippen molar-refractivity contribution in [1.29, 1.82) is 0 Å². The number of ether oxygens (including phenoxy) is 1. The van der Waals surface area contributed by atoms with Crippen LogP contribution >= 0.6 is 0 Å². The van der Waals surface area contributed by atoms with Crippen LogP contribution in [-0.4, -0.2) is 24.9 Å². The number of fused-ring (bicyclic) bond motifs is 5. The molecule has 2 unspecified atom stereocenters. The number of carbonyl (C=O) groups excluding carboxylic acids is 3. The molecule has 2 amide bonds. The SMILES string of the molecule is COC(=O)c1cccc(N2C(=O)C3C(C2=O)[C@H]2C=C[C@@H]3C2)c1. The average Bonchev–Trinajstić information content (AvgIpc) is 3.21. The molecule has 5 nitrogen and oxygen atoms in total. The Morgan fingerprint density at radius 2 is 1.77 bits per heavy atom. The van der Waals surface area contributed by atoms with E-state index in [4.69, 9.17) is 0 Å². The van der Waals surface area contributed by atoms with Crippen LogP contribution < -0.4 is 4.90 Å². The molecule has 0 spiro atoms. The lowest BCUT2D eigenvalue weighted by Crippen LogP contribution is -2.33. The van der Waals surface area contributed by atoms with Crippen molar-refractivity contribution in [2.45, 2.75) is 6.42 Å². The first kappa shape index (κ1) is 13.2. The minimum atomic E-state index is -0.483. The molecule has 1 saturated heterocycles. The normalized spacial score (nSPS) is 31.8. The van der Waals surface area contributed by atoms with Gasteiger partial charge in [0.1, 0.15) is 0 Å². The van der Waals surface area contributed by atoms with Gasteiger partial charge in [-0.1, -0.05) is 18.2 Å². The molecule has 3 aliphatic rings. The summed E-state index contributed by atoms with van der Waals surface area (Å²) in [5.41, 5.74) is 0.783. The maximum absolute atomic E-state index is 12.7. The van der Waals surface area contributed by atoms with Crippen molar-refractivity contribution in [2.75, 3.05) is 12.0 Å². The summed E-state index contributed by atoms with van der Waals surface area (Å²) in [7, 11) is 1.30. The number of amides is 2. The molecule has 4 rings (SSSR count). The zero-order valence-electron chi connectivity index (χ0n) is 12.1. The van der Waals surface area contributed by atoms with E-state index >= 15 is 0 Å². The van der Waals surface area contributed by atoms with Crippen LogP contribution in [0, 0.1) is 23.7 Å². The molecule has 0 radical (unpaired) electrons. The third-order valence-corrected chi connectivity index (χ3v) is 5.00. The van der Waals surface area contributed by atoms with Crippen molar-refractivity contribution in [1.82, 2.24) is 0 Å². The van der Waals surface area contributed by atoms with Gasteiger partial charge in [0.15, 0.2) is 0 Å². The van der Waals surface area contributed by atoms with Gasteiger partial charge in [-0.15, -0.1) is 0 Å². The van der Waals surface area contributed by atoms with Gasteiger partial charge in [-0.05, 0) is 36.5 Å². The highest BCUT2D eigenvalue weighted by atomic mass is 16.5. The van der Waals surface area contributed by atoms with Crippen LogP contribution in [-0.2, 0) is 14.3 Å². The molecule has 1 aromatic carbocycles. The minimum Gasteiger partial charge on any atom is -0.465 e. The van der Waals surface area contributed by atoms with Crippen LogP contribution in [0.2, 0.25) is 0 Å². The van der Waals surface area contributed by atoms with Crippen LogP contribution in [0.5, 0.6) is 0 Å². The molecule has 112 valence electrons. The second-order valence-corrected chi connectivity index (χ2v) is 6.05. The fourth-order valence-electron chi connectivity index (χ4n) is 4.05. The van der Waals surface area contributed by atoms with E-state index in [9.17, 15) is 14.4 Å². The van der Waals surface area contributed by atoms with Crippen molar-refractivity contribution in [3.8, 4) is 0 Å². The summed E-state index contributed by atoms with van der Waals surface area (Å²) in [4.78, 5) is 38.3. The molecular formula is C17H15NO4. The van der Waals surface area contributed by atoms with Crippen LogP contribution in [0.15, 0.2) is 36.4 Å². The van der Waals surface area contributed by atoms with Gasteiger partial charge in [-0.25, -0.2) is 9.69 Å². The third kappa shape index (κ3) is 1.62. The van der Waals surface area contributed by atoms with Gasteiger partial charge in [0.2, 0.25) is 11.8 Å². The first-order chi connectivity index (χ1) is 10.6. The number of rotatable bonds is 2. The van der Waals surface area contributed by atoms with Crippen molar-refractivity contribution in [2.24, 2.45) is 23.7 Å². The summed E-state index contributed by atoms with van der Waals surface area (Å²) in [6.45, 7) is 0. The number of allylic oxidation sites excluding steroid dienone is 2. The fourth-order valence-corrected chi connectivity index (χ4v) is 4.05. The molecule has 22 heavy (non-hydrogen) atoms. The van der Waals surface area contributed by atoms with Gasteiger partial charge in [-0.2, -0.15) is 0 Å². The first-order valence-corrected chi connectivity index (χ1v) is 7.36. The molecule has 1 heterocycles. The topological polar surface area (TPSA) is 63.7 Å². The molecule has 4 atom stereocenters. The Kier molecular flexibility index (Phi) is 2.73. The van der Waals surface area contributed by atoms with Gasteiger partial charge < -0.3 is 4.74 Å². The summed E-state index contributed by atoms with van der Waals surface area (Å²) in [5, 5.41) is 0. The summed E-state index contributed by atoms with van der Waals surface area (Å²) in [6, 6.07) is 6.48. The van der Waals surface area contributed by atoms with Gasteiger partial charge in [-0.3, -0.25) is 9.59 Å². The van der Waals surface area contributed by atoms with Crippen molar-refractivity contribution in [3.05, 3.63) is 42.0 Å². The lowest BCUT2D eigenvalue weighted by atomic mass is 9.85. The lowest BCUT2D eigenvalue weighted by molar-refractivity contribution is -0.123. The van der Waals surface area contributed by atoms with E-state index < -0.39 is 5.97 Å². The minimum absolute atomic E-state index is 0.145. The predicted molar refractivity (Wildman–Crippen MR) is 78.0 cm³/mol. The summed E-state index contributed by atoms with van der Waals surface area (Å²) in [5.74, 6) is -0.875. The van der Waals surface area contributed by atoms with Crippen LogP contribution in [0.3, 0.4) is 0 Å². The number of hydrogen-bond acceptors (Lipinski definition) is 4. The summed E-state index contributed by atoms with van der Waals surface area (Å²) >= 11 is 0. The molecule has 2 fully saturated rings. The maximum atomic E-state index is 12.7. The van der Waals surface area contributed by atoms with E-state index in [0.717, 1.165) is 6.42 Å². The van der Waals surface area contributed by atoms with Gasteiger partial charge in [0.05, 0.1) is 30.2 Å². The number of methoxy groups -OCH3 is 1. The number of hydrogen-bond donors (Lipinski definition) is 0. The Balaban J connectivity index is 1.71. The van der Waals surface area contributed by atoms with Gasteiger partial charge >= 0.3 is 5.97 Å². The summed E-state index contributed by atoms with van der Waals surface area (Å²) in [6.07, 6.45) is 5.03. The molecular weight excluding hydrogens is 282 g/mol. The number of esters is 1. The van der Waals surface area contributed by atoms with Crippen LogP contribution in [0.25, 0.3) is 0 Å². The molecule has 2 aliphatic carbocycles. The Hall–Kier alpha value is -2.43. The first-order valence-electron chi connectivity index (χ1n) is 7.36. The standard InChI is InChI=1S/C17H15NO4/c1-22-17(21)11-3-2-4-12(8-11)18-15(19)13-9-5-6-10(7-9)14(13)16(18)20/h2-6,8-10,13-14H,7H2,1H3/t9-,10+,13?,14?. The maximum Gasteiger partial charge on any atom is 0.337 e. The molecule has 2 bridgehead atoms. The average molecular weight is 297 g/mol. The van der Waals surface area contributed by atoms with Crippen molar-refractivity contribution in [3.63, 3.8) is 0 Å². The smallest absolute Gasteiger partial charge is 0.337 e. The number of benzene rings is 1. The number of carbonyl (C=O) groups is 3. The lowest BCUT2D eigenvalue weighted by Gasteiger charge is -2.17. The van der Waals surface area contributed by atoms with Crippen molar-refractivity contribution >= 4 is 23.5 Å². The van der Waals surface area contributed by atoms with E-state index in [1.807, 2.05) is 0 Å². The fraction of sp³-hybridized carbons (Fsp3) is 0.353. The molecule has 1 saturated carbocycles. The third-order valence-electron chi connectivity index (χ3n) is 5.00. The Labute approximate surface area is 127 Å². The monoisotopic (exact) mass is 297 g/mol. The van der Waals surface area contributed by atoms with E-state index in [2.05, 4.69) is 16.9 Å². The zero-order chi connectivity index (χ0) is 15.4. The van der Waals surface area contributed by atoms with Crippen LogP contribution in [0.4, 0.5) is 5.69 Å². The Bertz CT molecular complexity index is 693. The molecule has 1 aromatic rings. The Morgan fingerprint density at radius 3 is 2.36 bits per heavy atom. The zero-order valence-corrected chi connectivity index (χ0v) is 12.1. The molecule has 1 aliphatic heterocycles. The van der Waals surface area contributed by atoms with Crippen molar-refractivity contribution < 1.29 is 19.1 Å². The quantitative estimate of drug-likeness (QED) is 0.474. The number of anilines is 1. The highest BCUT2D eigenvalue weighted by Gasteiger charge is 2.59. The number of nitrogens with zero attached hydrogens (tertiary/aromatic N) is 1. The van der Waals surface area contributed by atoms with Gasteiger partial charge in [0, 0.05) is 0 Å².